The minimum Gasteiger partial charge on any atom is -0.505 e. The van der Waals surface area contributed by atoms with Crippen LogP contribution >= 0.6 is 0 Å². The van der Waals surface area contributed by atoms with Crippen LogP contribution in [0.25, 0.3) is 0 Å². The number of aromatic hydroxyl groups is 1. The van der Waals surface area contributed by atoms with Crippen LogP contribution in [0.2, 0.25) is 0 Å². The molecule has 0 aliphatic carbocycles. The van der Waals surface area contributed by atoms with Crippen LogP contribution in [0.15, 0.2) is 18.2 Å². The number of nitrogens with one attached hydrogen (secondary N) is 1. The summed E-state index contributed by atoms with van der Waals surface area (Å²) in [6.45, 7) is -0.438. The Kier molecular flexibility index (Phi) is 3.36. The van der Waals surface area contributed by atoms with Crippen molar-refractivity contribution in [3.63, 3.8) is 0 Å². The zero-order valence-electron chi connectivity index (χ0n) is 7.81. The summed E-state index contributed by atoms with van der Waals surface area (Å²) in [7, 11) is 0. The summed E-state index contributed by atoms with van der Waals surface area (Å²) in [5.41, 5.74) is 0.163. The molecule has 1 amide bonds. The Balaban J connectivity index is 2.62. The van der Waals surface area contributed by atoms with Crippen molar-refractivity contribution in [2.75, 3.05) is 0 Å². The Bertz CT molecular complexity index is 403. The molecule has 1 aromatic carbocycles. The first-order valence-electron chi connectivity index (χ1n) is 4.13. The summed E-state index contributed by atoms with van der Waals surface area (Å²) in [4.78, 5) is 10.4. The summed E-state index contributed by atoms with van der Waals surface area (Å²) in [6, 6.07) is 2.99. The van der Waals surface area contributed by atoms with E-state index in [0.29, 0.717) is 0 Å². The molecule has 0 aliphatic heterocycles. The molecule has 0 atom stereocenters. The maximum Gasteiger partial charge on any atom is 0.471 e. The number of amides is 1. The van der Waals surface area contributed by atoms with E-state index in [1.54, 1.807) is 5.32 Å². The van der Waals surface area contributed by atoms with Gasteiger partial charge in [0.2, 0.25) is 0 Å². The Morgan fingerprint density at radius 3 is 2.50 bits per heavy atom. The quantitative estimate of drug-likeness (QED) is 0.769. The predicted octanol–water partition coefficient (Wildman–Crippen LogP) is 1.71. The van der Waals surface area contributed by atoms with Crippen molar-refractivity contribution in [3.8, 4) is 5.75 Å². The number of carbonyl (C=O) groups excluding carboxylic acids is 1. The second kappa shape index (κ2) is 4.38. The highest BCUT2D eigenvalue weighted by molar-refractivity contribution is 5.81. The third kappa shape index (κ3) is 3.11. The molecule has 0 aliphatic rings. The fraction of sp³-hybridized carbons (Fsp3) is 0.222. The van der Waals surface area contributed by atoms with Crippen LogP contribution in [-0.4, -0.2) is 17.2 Å². The Hall–Kier alpha value is -1.79. The number of hydrogen-bond donors (Lipinski definition) is 2. The molecule has 3 nitrogen and oxygen atoms in total. The highest BCUT2D eigenvalue weighted by Crippen LogP contribution is 2.17. The average Bonchev–Trinajstić information content (AvgIpc) is 2.18. The highest BCUT2D eigenvalue weighted by atomic mass is 19.4. The molecule has 0 radical (unpaired) electrons. The molecule has 0 unspecified atom stereocenters. The monoisotopic (exact) mass is 237 g/mol. The molecule has 2 N–H and O–H groups in total. The second-order valence-electron chi connectivity index (χ2n) is 2.97. The van der Waals surface area contributed by atoms with E-state index >= 15 is 0 Å². The molecule has 1 aromatic rings. The Morgan fingerprint density at radius 2 is 2.00 bits per heavy atom. The van der Waals surface area contributed by atoms with Crippen LogP contribution in [0.4, 0.5) is 17.6 Å². The lowest BCUT2D eigenvalue weighted by atomic mass is 10.2. The van der Waals surface area contributed by atoms with Crippen LogP contribution in [0.3, 0.4) is 0 Å². The number of halogens is 4. The van der Waals surface area contributed by atoms with Crippen molar-refractivity contribution in [1.29, 1.82) is 0 Å². The van der Waals surface area contributed by atoms with Gasteiger partial charge in [0.1, 0.15) is 0 Å². The van der Waals surface area contributed by atoms with Gasteiger partial charge < -0.3 is 10.4 Å². The zero-order valence-corrected chi connectivity index (χ0v) is 7.81. The number of phenols is 1. The predicted molar refractivity (Wildman–Crippen MR) is 46.0 cm³/mol. The van der Waals surface area contributed by atoms with Crippen LogP contribution in [0.1, 0.15) is 5.56 Å². The van der Waals surface area contributed by atoms with Crippen LogP contribution in [0.5, 0.6) is 5.75 Å². The van der Waals surface area contributed by atoms with E-state index in [0.717, 1.165) is 18.2 Å². The topological polar surface area (TPSA) is 49.3 Å². The van der Waals surface area contributed by atoms with E-state index in [4.69, 9.17) is 5.11 Å². The molecule has 0 fully saturated rings. The van der Waals surface area contributed by atoms with E-state index in [9.17, 15) is 22.4 Å². The molecule has 0 bridgehead atoms. The van der Waals surface area contributed by atoms with Crippen molar-refractivity contribution in [1.82, 2.24) is 5.32 Å². The summed E-state index contributed by atoms with van der Waals surface area (Å²) >= 11 is 0. The first-order chi connectivity index (χ1) is 7.30. The van der Waals surface area contributed by atoms with E-state index in [2.05, 4.69) is 0 Å². The van der Waals surface area contributed by atoms with Gasteiger partial charge in [0, 0.05) is 6.54 Å². The molecule has 0 saturated heterocycles. The molecule has 7 heteroatoms. The van der Waals surface area contributed by atoms with Gasteiger partial charge in [-0.3, -0.25) is 4.79 Å². The lowest BCUT2D eigenvalue weighted by Gasteiger charge is -2.08. The number of carbonyl (C=O) groups is 1. The van der Waals surface area contributed by atoms with Gasteiger partial charge in [0.05, 0.1) is 0 Å². The molecular weight excluding hydrogens is 230 g/mol. The Labute approximate surface area is 87.7 Å². The molecule has 0 aromatic heterocycles. The van der Waals surface area contributed by atoms with Gasteiger partial charge in [0.25, 0.3) is 0 Å². The fourth-order valence-corrected chi connectivity index (χ4v) is 0.951. The SMILES string of the molecule is O=C(NCc1ccc(F)c(O)c1)C(F)(F)F. The van der Waals surface area contributed by atoms with E-state index in [-0.39, 0.29) is 5.56 Å². The van der Waals surface area contributed by atoms with E-state index in [1.807, 2.05) is 0 Å². The minimum atomic E-state index is -4.96. The highest BCUT2D eigenvalue weighted by Gasteiger charge is 2.38. The molecule has 0 spiro atoms. The van der Waals surface area contributed by atoms with Gasteiger partial charge >= 0.3 is 12.1 Å². The molecule has 88 valence electrons. The third-order valence-corrected chi connectivity index (χ3v) is 1.72. The van der Waals surface area contributed by atoms with Crippen molar-refractivity contribution in [3.05, 3.63) is 29.6 Å². The van der Waals surface area contributed by atoms with Gasteiger partial charge in [-0.25, -0.2) is 4.39 Å². The van der Waals surface area contributed by atoms with Crippen LogP contribution < -0.4 is 5.32 Å². The number of phenolic OH excluding ortho intramolecular Hbond substituents is 1. The van der Waals surface area contributed by atoms with Crippen molar-refractivity contribution < 1.29 is 27.5 Å². The van der Waals surface area contributed by atoms with Gasteiger partial charge in [-0.1, -0.05) is 6.07 Å². The normalized spacial score (nSPS) is 11.2. The summed E-state index contributed by atoms with van der Waals surface area (Å²) in [5.74, 6) is -3.65. The van der Waals surface area contributed by atoms with Crippen molar-refractivity contribution >= 4 is 5.91 Å². The van der Waals surface area contributed by atoms with Crippen LogP contribution in [-0.2, 0) is 11.3 Å². The molecule has 0 heterocycles. The second-order valence-corrected chi connectivity index (χ2v) is 2.97. The molecule has 1 rings (SSSR count). The van der Waals surface area contributed by atoms with E-state index in [1.165, 1.54) is 0 Å². The van der Waals surface area contributed by atoms with Gasteiger partial charge in [0.15, 0.2) is 11.6 Å². The zero-order chi connectivity index (χ0) is 12.3. The average molecular weight is 237 g/mol. The lowest BCUT2D eigenvalue weighted by Crippen LogP contribution is -2.36. The molecular formula is C9H7F4NO2. The smallest absolute Gasteiger partial charge is 0.471 e. The maximum atomic E-state index is 12.6. The first kappa shape index (κ1) is 12.3. The molecule has 16 heavy (non-hydrogen) atoms. The van der Waals surface area contributed by atoms with Gasteiger partial charge in [-0.05, 0) is 17.7 Å². The van der Waals surface area contributed by atoms with E-state index < -0.39 is 30.2 Å². The van der Waals surface area contributed by atoms with Gasteiger partial charge in [-0.15, -0.1) is 0 Å². The Morgan fingerprint density at radius 1 is 1.38 bits per heavy atom. The first-order valence-corrected chi connectivity index (χ1v) is 4.13. The lowest BCUT2D eigenvalue weighted by molar-refractivity contribution is -0.173. The number of hydrogen-bond acceptors (Lipinski definition) is 2. The van der Waals surface area contributed by atoms with Crippen LogP contribution in [0, 0.1) is 5.82 Å². The molecule has 0 saturated carbocycles. The maximum absolute atomic E-state index is 12.6. The summed E-state index contributed by atoms with van der Waals surface area (Å²) < 4.78 is 47.9. The summed E-state index contributed by atoms with van der Waals surface area (Å²) in [6.07, 6.45) is -4.96. The van der Waals surface area contributed by atoms with Gasteiger partial charge in [-0.2, -0.15) is 13.2 Å². The minimum absolute atomic E-state index is 0.163. The largest absolute Gasteiger partial charge is 0.505 e. The fourth-order valence-electron chi connectivity index (χ4n) is 0.951. The number of alkyl halides is 3. The summed E-state index contributed by atoms with van der Waals surface area (Å²) in [5, 5.41) is 10.5. The number of benzene rings is 1. The number of rotatable bonds is 2. The van der Waals surface area contributed by atoms with Crippen molar-refractivity contribution in [2.45, 2.75) is 12.7 Å². The third-order valence-electron chi connectivity index (χ3n) is 1.72. The standard InChI is InChI=1S/C9H7F4NO2/c10-6-2-1-5(3-7(6)15)4-14-8(16)9(11,12)13/h1-3,15H,4H2,(H,14,16). The van der Waals surface area contributed by atoms with Crippen molar-refractivity contribution in [2.24, 2.45) is 0 Å².